The molecule has 6 nitrogen and oxygen atoms in total. The molecule has 2 aromatic carbocycles. The quantitative estimate of drug-likeness (QED) is 0.437. The van der Waals surface area contributed by atoms with Crippen LogP contribution in [0.1, 0.15) is 13.3 Å². The number of methoxy groups -OCH3 is 1. The number of ether oxygens (including phenoxy) is 1. The van der Waals surface area contributed by atoms with Gasteiger partial charge in [0.25, 0.3) is 0 Å². The lowest BCUT2D eigenvalue weighted by atomic mass is 10.2. The average Bonchev–Trinajstić information content (AvgIpc) is 3.15. The van der Waals surface area contributed by atoms with Crippen LogP contribution in [0, 0.1) is 0 Å². The number of rotatable bonds is 6. The zero-order valence-electron chi connectivity index (χ0n) is 15.9. The Hall–Kier alpha value is -2.77. The lowest BCUT2D eigenvalue weighted by Crippen LogP contribution is -2.25. The third kappa shape index (κ3) is 3.88. The van der Waals surface area contributed by atoms with Gasteiger partial charge in [0.1, 0.15) is 5.75 Å². The van der Waals surface area contributed by atoms with E-state index in [1.165, 1.54) is 11.8 Å². The van der Waals surface area contributed by atoms with Crippen LogP contribution in [0.15, 0.2) is 59.8 Å². The van der Waals surface area contributed by atoms with Gasteiger partial charge in [0.05, 0.1) is 23.6 Å². The number of nitrogens with one attached hydrogen (secondary N) is 1. The van der Waals surface area contributed by atoms with E-state index < -0.39 is 0 Å². The average molecular weight is 427 g/mol. The fourth-order valence-electron chi connectivity index (χ4n) is 3.13. The summed E-state index contributed by atoms with van der Waals surface area (Å²) in [6.07, 6.45) is 0.624. The molecule has 0 aliphatic carbocycles. The summed E-state index contributed by atoms with van der Waals surface area (Å²) < 4.78 is 7.30. The maximum absolute atomic E-state index is 13.0. The van der Waals surface area contributed by atoms with Crippen molar-refractivity contribution in [2.45, 2.75) is 23.8 Å². The highest BCUT2D eigenvalue weighted by atomic mass is 35.5. The van der Waals surface area contributed by atoms with Crippen LogP contribution in [0.5, 0.6) is 5.75 Å². The maximum Gasteiger partial charge on any atom is 0.238 e. The molecule has 0 saturated heterocycles. The van der Waals surface area contributed by atoms with Crippen molar-refractivity contribution in [3.8, 4) is 5.75 Å². The van der Waals surface area contributed by atoms with Crippen LogP contribution in [0.4, 0.5) is 5.69 Å². The first-order valence-corrected chi connectivity index (χ1v) is 10.4. The fourth-order valence-corrected chi connectivity index (χ4v) is 4.27. The van der Waals surface area contributed by atoms with Crippen molar-refractivity contribution < 1.29 is 9.53 Å². The Kier molecular flexibility index (Phi) is 5.60. The maximum atomic E-state index is 13.0. The summed E-state index contributed by atoms with van der Waals surface area (Å²) in [6, 6.07) is 17.1. The van der Waals surface area contributed by atoms with Crippen molar-refractivity contribution in [2.75, 3.05) is 12.4 Å². The van der Waals surface area contributed by atoms with E-state index in [2.05, 4.69) is 15.5 Å². The minimum absolute atomic E-state index is 0.143. The predicted molar refractivity (Wildman–Crippen MR) is 117 cm³/mol. The summed E-state index contributed by atoms with van der Waals surface area (Å²) in [7, 11) is 1.55. The SMILES string of the molecule is CCC(Sc1nnc2ccc3ccccc3n12)C(=O)Nc1cc(Cl)ccc1OC. The van der Waals surface area contributed by atoms with Gasteiger partial charge in [-0.15, -0.1) is 10.2 Å². The van der Waals surface area contributed by atoms with E-state index in [0.717, 1.165) is 16.6 Å². The Bertz CT molecular complexity index is 1190. The van der Waals surface area contributed by atoms with E-state index in [9.17, 15) is 4.79 Å². The second kappa shape index (κ2) is 8.31. The van der Waals surface area contributed by atoms with Gasteiger partial charge in [-0.25, -0.2) is 0 Å². The van der Waals surface area contributed by atoms with Gasteiger partial charge in [0.2, 0.25) is 5.91 Å². The molecule has 0 spiro atoms. The standard InChI is InChI=1S/C21H19ClN4O2S/c1-3-18(20(27)23-15-12-14(22)9-10-17(15)28-2)29-21-25-24-19-11-8-13-6-4-5-7-16(13)26(19)21/h4-12,18H,3H2,1-2H3,(H,23,27). The van der Waals surface area contributed by atoms with Gasteiger partial charge in [-0.3, -0.25) is 9.20 Å². The molecule has 0 aliphatic rings. The van der Waals surface area contributed by atoms with Gasteiger partial charge in [0, 0.05) is 5.02 Å². The second-order valence-electron chi connectivity index (χ2n) is 6.42. The summed E-state index contributed by atoms with van der Waals surface area (Å²) in [5, 5.41) is 13.4. The first-order valence-electron chi connectivity index (χ1n) is 9.14. The van der Waals surface area contributed by atoms with Crippen LogP contribution >= 0.6 is 23.4 Å². The van der Waals surface area contributed by atoms with E-state index >= 15 is 0 Å². The van der Waals surface area contributed by atoms with E-state index in [-0.39, 0.29) is 11.2 Å². The molecular formula is C21H19ClN4O2S. The van der Waals surface area contributed by atoms with Crippen LogP contribution in [0.25, 0.3) is 16.6 Å². The van der Waals surface area contributed by atoms with Crippen LogP contribution in [0.2, 0.25) is 5.02 Å². The van der Waals surface area contributed by atoms with Gasteiger partial charge >= 0.3 is 0 Å². The number of halogens is 1. The number of hydrogen-bond donors (Lipinski definition) is 1. The van der Waals surface area contributed by atoms with Gasteiger partial charge in [0.15, 0.2) is 10.8 Å². The zero-order valence-corrected chi connectivity index (χ0v) is 17.5. The van der Waals surface area contributed by atoms with Gasteiger partial charge in [-0.05, 0) is 48.2 Å². The summed E-state index contributed by atoms with van der Waals surface area (Å²) >= 11 is 7.46. The molecule has 1 amide bonds. The predicted octanol–water partition coefficient (Wildman–Crippen LogP) is 5.05. The highest BCUT2D eigenvalue weighted by molar-refractivity contribution is 8.00. The molecular weight excluding hydrogens is 408 g/mol. The number of para-hydroxylation sites is 1. The molecule has 29 heavy (non-hydrogen) atoms. The topological polar surface area (TPSA) is 68.5 Å². The Morgan fingerprint density at radius 3 is 2.83 bits per heavy atom. The molecule has 0 fully saturated rings. The van der Waals surface area contributed by atoms with E-state index in [1.807, 2.05) is 47.7 Å². The van der Waals surface area contributed by atoms with Gasteiger partial charge < -0.3 is 10.1 Å². The number of fused-ring (bicyclic) bond motifs is 3. The number of hydrogen-bond acceptors (Lipinski definition) is 5. The fraction of sp³-hybridized carbons (Fsp3) is 0.190. The van der Waals surface area contributed by atoms with Crippen LogP contribution < -0.4 is 10.1 Å². The molecule has 1 atom stereocenters. The van der Waals surface area contributed by atoms with Crippen molar-refractivity contribution in [3.05, 3.63) is 59.6 Å². The molecule has 2 aromatic heterocycles. The lowest BCUT2D eigenvalue weighted by Gasteiger charge is -2.16. The molecule has 0 saturated carbocycles. The Labute approximate surface area is 177 Å². The largest absolute Gasteiger partial charge is 0.495 e. The normalized spacial score (nSPS) is 12.2. The van der Waals surface area contributed by atoms with E-state index in [0.29, 0.717) is 28.0 Å². The number of benzene rings is 2. The molecule has 1 unspecified atom stereocenters. The molecule has 0 bridgehead atoms. The summed E-state index contributed by atoms with van der Waals surface area (Å²) in [5.41, 5.74) is 2.29. The van der Waals surface area contributed by atoms with Crippen molar-refractivity contribution in [1.29, 1.82) is 0 Å². The summed E-state index contributed by atoms with van der Waals surface area (Å²) in [5.74, 6) is 0.413. The molecule has 4 rings (SSSR count). The third-order valence-corrected chi connectivity index (χ3v) is 6.12. The number of pyridine rings is 1. The molecule has 0 aliphatic heterocycles. The minimum atomic E-state index is -0.356. The minimum Gasteiger partial charge on any atom is -0.495 e. The van der Waals surface area contributed by atoms with Gasteiger partial charge in [-0.1, -0.05) is 48.5 Å². The Balaban J connectivity index is 1.64. The molecule has 4 aromatic rings. The summed E-state index contributed by atoms with van der Waals surface area (Å²) in [6.45, 7) is 1.97. The van der Waals surface area contributed by atoms with Crippen LogP contribution in [-0.4, -0.2) is 32.9 Å². The van der Waals surface area contributed by atoms with E-state index in [1.54, 1.807) is 25.3 Å². The number of thioether (sulfide) groups is 1. The van der Waals surface area contributed by atoms with Crippen molar-refractivity contribution in [2.24, 2.45) is 0 Å². The molecule has 2 heterocycles. The van der Waals surface area contributed by atoms with Crippen molar-refractivity contribution in [3.63, 3.8) is 0 Å². The number of anilines is 1. The van der Waals surface area contributed by atoms with Crippen LogP contribution in [0.3, 0.4) is 0 Å². The second-order valence-corrected chi connectivity index (χ2v) is 8.02. The monoisotopic (exact) mass is 426 g/mol. The Morgan fingerprint density at radius 1 is 1.21 bits per heavy atom. The van der Waals surface area contributed by atoms with Crippen molar-refractivity contribution in [1.82, 2.24) is 14.6 Å². The molecule has 0 radical (unpaired) electrons. The van der Waals surface area contributed by atoms with Gasteiger partial charge in [-0.2, -0.15) is 0 Å². The number of aromatic nitrogens is 3. The number of nitrogens with zero attached hydrogens (tertiary/aromatic N) is 3. The highest BCUT2D eigenvalue weighted by Crippen LogP contribution is 2.31. The number of carbonyl (C=O) groups excluding carboxylic acids is 1. The third-order valence-electron chi connectivity index (χ3n) is 4.58. The van der Waals surface area contributed by atoms with Crippen LogP contribution in [-0.2, 0) is 4.79 Å². The Morgan fingerprint density at radius 2 is 2.03 bits per heavy atom. The highest BCUT2D eigenvalue weighted by Gasteiger charge is 2.22. The smallest absolute Gasteiger partial charge is 0.238 e. The number of amides is 1. The molecule has 1 N–H and O–H groups in total. The molecule has 148 valence electrons. The van der Waals surface area contributed by atoms with Crippen molar-refractivity contribution >= 4 is 51.5 Å². The molecule has 8 heteroatoms. The lowest BCUT2D eigenvalue weighted by molar-refractivity contribution is -0.115. The first kappa shape index (κ1) is 19.5. The summed E-state index contributed by atoms with van der Waals surface area (Å²) in [4.78, 5) is 13.0. The first-order chi connectivity index (χ1) is 14.1. The number of carbonyl (C=O) groups is 1. The van der Waals surface area contributed by atoms with E-state index in [4.69, 9.17) is 16.3 Å². The zero-order chi connectivity index (χ0) is 20.4.